The number of hydrogen-bond donors (Lipinski definition) is 1. The fraction of sp³-hybridized carbons (Fsp3) is 0.500. The van der Waals surface area contributed by atoms with Gasteiger partial charge in [0, 0.05) is 6.42 Å². The zero-order valence-corrected chi connectivity index (χ0v) is 9.61. The molecule has 1 aromatic carbocycles. The molecule has 0 amide bonds. The normalized spacial score (nSPS) is 25.6. The Morgan fingerprint density at radius 1 is 1.44 bits per heavy atom. The Balaban J connectivity index is 2.28. The van der Waals surface area contributed by atoms with Crippen molar-refractivity contribution in [3.8, 4) is 6.07 Å². The van der Waals surface area contributed by atoms with E-state index in [1.807, 2.05) is 19.1 Å². The summed E-state index contributed by atoms with van der Waals surface area (Å²) in [6.45, 7) is 1.96. The Morgan fingerprint density at radius 3 is 2.75 bits per heavy atom. The van der Waals surface area contributed by atoms with E-state index in [2.05, 4.69) is 18.2 Å². The van der Waals surface area contributed by atoms with Crippen LogP contribution in [0.5, 0.6) is 0 Å². The van der Waals surface area contributed by atoms with Gasteiger partial charge >= 0.3 is 0 Å². The smallest absolute Gasteiger partial charge is 0.0848 e. The van der Waals surface area contributed by atoms with Gasteiger partial charge in [0.15, 0.2) is 0 Å². The molecule has 2 atom stereocenters. The topological polar surface area (TPSA) is 44.0 Å². The van der Waals surface area contributed by atoms with Gasteiger partial charge in [-0.05, 0) is 30.4 Å². The van der Waals surface area contributed by atoms with Crippen LogP contribution in [-0.2, 0) is 12.8 Å². The minimum atomic E-state index is -0.822. The summed E-state index contributed by atoms with van der Waals surface area (Å²) in [6.07, 6.45) is 2.92. The maximum atomic E-state index is 10.6. The second-order valence-electron chi connectivity index (χ2n) is 4.64. The molecule has 84 valence electrons. The van der Waals surface area contributed by atoms with Crippen LogP contribution in [0.1, 0.15) is 30.9 Å². The summed E-state index contributed by atoms with van der Waals surface area (Å²) in [5.74, 6) is -0.249. The first-order valence-electron chi connectivity index (χ1n) is 5.88. The van der Waals surface area contributed by atoms with Crippen molar-refractivity contribution >= 4 is 0 Å². The number of aryl methyl sites for hydroxylation is 1. The van der Waals surface area contributed by atoms with E-state index in [0.717, 1.165) is 12.8 Å². The van der Waals surface area contributed by atoms with Gasteiger partial charge in [0.2, 0.25) is 0 Å². The number of hydrogen-bond acceptors (Lipinski definition) is 2. The maximum Gasteiger partial charge on any atom is 0.0848 e. The molecule has 0 saturated carbocycles. The van der Waals surface area contributed by atoms with E-state index < -0.39 is 5.60 Å². The van der Waals surface area contributed by atoms with Gasteiger partial charge in [-0.1, -0.05) is 31.2 Å². The molecule has 0 aliphatic heterocycles. The van der Waals surface area contributed by atoms with Crippen LogP contribution in [0.4, 0.5) is 0 Å². The third-order valence-electron chi connectivity index (χ3n) is 3.65. The van der Waals surface area contributed by atoms with Gasteiger partial charge in [-0.3, -0.25) is 0 Å². The minimum Gasteiger partial charge on any atom is -0.388 e. The predicted molar refractivity (Wildman–Crippen MR) is 62.8 cm³/mol. The van der Waals surface area contributed by atoms with Gasteiger partial charge in [0.1, 0.15) is 0 Å². The zero-order valence-electron chi connectivity index (χ0n) is 9.61. The highest BCUT2D eigenvalue weighted by molar-refractivity contribution is 5.32. The number of nitrogens with zero attached hydrogens (tertiary/aromatic N) is 1. The Kier molecular flexibility index (Phi) is 2.98. The van der Waals surface area contributed by atoms with Crippen molar-refractivity contribution in [3.05, 3.63) is 35.4 Å². The van der Waals surface area contributed by atoms with Gasteiger partial charge in [0.25, 0.3) is 0 Å². The molecule has 2 heteroatoms. The molecule has 1 aromatic rings. The summed E-state index contributed by atoms with van der Waals surface area (Å²) in [7, 11) is 0. The molecule has 0 spiro atoms. The first-order valence-corrected chi connectivity index (χ1v) is 5.88. The summed E-state index contributed by atoms with van der Waals surface area (Å²) < 4.78 is 0. The van der Waals surface area contributed by atoms with Gasteiger partial charge in [-0.25, -0.2) is 0 Å². The van der Waals surface area contributed by atoms with Gasteiger partial charge in [-0.2, -0.15) is 5.26 Å². The monoisotopic (exact) mass is 215 g/mol. The van der Waals surface area contributed by atoms with Gasteiger partial charge < -0.3 is 5.11 Å². The van der Waals surface area contributed by atoms with Gasteiger partial charge in [0.05, 0.1) is 17.6 Å². The first-order chi connectivity index (χ1) is 7.69. The summed E-state index contributed by atoms with van der Waals surface area (Å²) in [4.78, 5) is 0. The van der Waals surface area contributed by atoms with E-state index in [0.29, 0.717) is 12.8 Å². The molecule has 1 N–H and O–H groups in total. The minimum absolute atomic E-state index is 0.249. The number of aliphatic hydroxyl groups is 1. The van der Waals surface area contributed by atoms with Crippen LogP contribution in [0.3, 0.4) is 0 Å². The average molecular weight is 215 g/mol. The first kappa shape index (κ1) is 11.2. The molecule has 2 rings (SSSR count). The molecule has 2 nitrogen and oxygen atoms in total. The number of benzene rings is 1. The third-order valence-corrected chi connectivity index (χ3v) is 3.65. The predicted octanol–water partition coefficient (Wildman–Crippen LogP) is 2.46. The Labute approximate surface area is 96.5 Å². The van der Waals surface area contributed by atoms with Crippen molar-refractivity contribution in [1.29, 1.82) is 5.26 Å². The van der Waals surface area contributed by atoms with Crippen molar-refractivity contribution in [2.75, 3.05) is 0 Å². The van der Waals surface area contributed by atoms with E-state index >= 15 is 0 Å². The van der Waals surface area contributed by atoms with Crippen LogP contribution in [0.2, 0.25) is 0 Å². The maximum absolute atomic E-state index is 10.6. The second kappa shape index (κ2) is 4.27. The summed E-state index contributed by atoms with van der Waals surface area (Å²) in [5, 5.41) is 19.6. The van der Waals surface area contributed by atoms with Crippen LogP contribution in [0, 0.1) is 17.2 Å². The molecule has 1 aliphatic rings. The Bertz CT molecular complexity index is 421. The van der Waals surface area contributed by atoms with E-state index in [-0.39, 0.29) is 5.92 Å². The summed E-state index contributed by atoms with van der Waals surface area (Å²) in [5.41, 5.74) is 1.70. The molecule has 16 heavy (non-hydrogen) atoms. The number of fused-ring (bicyclic) bond motifs is 1. The molecule has 0 fully saturated rings. The fourth-order valence-corrected chi connectivity index (χ4v) is 2.63. The van der Waals surface area contributed by atoms with E-state index in [4.69, 9.17) is 5.26 Å². The molecular weight excluding hydrogens is 198 g/mol. The highest BCUT2D eigenvalue weighted by Crippen LogP contribution is 2.35. The van der Waals surface area contributed by atoms with Crippen LogP contribution in [-0.4, -0.2) is 10.7 Å². The highest BCUT2D eigenvalue weighted by Gasteiger charge is 2.38. The average Bonchev–Trinajstić information content (AvgIpc) is 2.30. The molecule has 1 aliphatic carbocycles. The molecule has 0 heterocycles. The molecule has 2 unspecified atom stereocenters. The lowest BCUT2D eigenvalue weighted by Gasteiger charge is -2.36. The highest BCUT2D eigenvalue weighted by atomic mass is 16.3. The molecule has 0 bridgehead atoms. The summed E-state index contributed by atoms with van der Waals surface area (Å²) in [6, 6.07) is 10.4. The summed E-state index contributed by atoms with van der Waals surface area (Å²) >= 11 is 0. The Morgan fingerprint density at radius 2 is 2.12 bits per heavy atom. The largest absolute Gasteiger partial charge is 0.388 e. The van der Waals surface area contributed by atoms with Crippen molar-refractivity contribution in [3.63, 3.8) is 0 Å². The lowest BCUT2D eigenvalue weighted by Crippen LogP contribution is -2.42. The van der Waals surface area contributed by atoms with Crippen molar-refractivity contribution in [2.45, 2.75) is 38.2 Å². The fourth-order valence-electron chi connectivity index (χ4n) is 2.63. The molecular formula is C14H17NO. The molecule has 0 aromatic heterocycles. The number of nitriles is 1. The lowest BCUT2D eigenvalue weighted by molar-refractivity contribution is -0.0117. The SMILES string of the molecule is CCC(C#N)C1(O)CCc2ccccc2C1. The van der Waals surface area contributed by atoms with Crippen molar-refractivity contribution < 1.29 is 5.11 Å². The van der Waals surface area contributed by atoms with E-state index in [1.165, 1.54) is 11.1 Å². The quantitative estimate of drug-likeness (QED) is 0.823. The van der Waals surface area contributed by atoms with Crippen LogP contribution in [0.25, 0.3) is 0 Å². The van der Waals surface area contributed by atoms with E-state index in [1.54, 1.807) is 0 Å². The Hall–Kier alpha value is -1.33. The van der Waals surface area contributed by atoms with E-state index in [9.17, 15) is 5.11 Å². The van der Waals surface area contributed by atoms with Crippen LogP contribution in [0.15, 0.2) is 24.3 Å². The van der Waals surface area contributed by atoms with Gasteiger partial charge in [-0.15, -0.1) is 0 Å². The zero-order chi connectivity index (χ0) is 11.6. The lowest BCUT2D eigenvalue weighted by atomic mass is 9.73. The standard InChI is InChI=1S/C14H17NO/c1-2-13(10-15)14(16)8-7-11-5-3-4-6-12(11)9-14/h3-6,13,16H,2,7-9H2,1H3. The molecule has 0 radical (unpaired) electrons. The van der Waals surface area contributed by atoms with Crippen molar-refractivity contribution in [2.24, 2.45) is 5.92 Å². The second-order valence-corrected chi connectivity index (χ2v) is 4.64. The molecule has 0 saturated heterocycles. The van der Waals surface area contributed by atoms with Crippen LogP contribution < -0.4 is 0 Å². The number of rotatable bonds is 2. The third kappa shape index (κ3) is 1.83. The van der Waals surface area contributed by atoms with Crippen molar-refractivity contribution in [1.82, 2.24) is 0 Å². The van der Waals surface area contributed by atoms with Crippen LogP contribution >= 0.6 is 0 Å².